The van der Waals surface area contributed by atoms with Gasteiger partial charge in [0.2, 0.25) is 11.6 Å². The van der Waals surface area contributed by atoms with Crippen molar-refractivity contribution in [3.8, 4) is 0 Å². The molecule has 0 spiro atoms. The first kappa shape index (κ1) is 17.1. The predicted molar refractivity (Wildman–Crippen MR) is 80.0 cm³/mol. The van der Waals surface area contributed by atoms with Gasteiger partial charge in [0.25, 0.3) is 5.91 Å². The van der Waals surface area contributed by atoms with Gasteiger partial charge in [-0.25, -0.2) is 4.79 Å². The molecule has 0 bridgehead atoms. The van der Waals surface area contributed by atoms with E-state index in [-0.39, 0.29) is 11.4 Å². The SMILES string of the molecule is Cc1ccoc1C(=O)O[C@@H](C)C(=O)Nc1ccc(F)c([N+](=O)[O-])c1. The van der Waals surface area contributed by atoms with Crippen molar-refractivity contribution >= 4 is 23.3 Å². The minimum Gasteiger partial charge on any atom is -0.457 e. The Kier molecular flexibility index (Phi) is 4.93. The normalized spacial score (nSPS) is 11.6. The first-order valence-electron chi connectivity index (χ1n) is 6.79. The number of benzene rings is 1. The summed E-state index contributed by atoms with van der Waals surface area (Å²) in [5.74, 6) is -2.59. The maximum Gasteiger partial charge on any atom is 0.375 e. The summed E-state index contributed by atoms with van der Waals surface area (Å²) in [5, 5.41) is 13.0. The van der Waals surface area contributed by atoms with Crippen LogP contribution in [-0.2, 0) is 9.53 Å². The van der Waals surface area contributed by atoms with Crippen LogP contribution in [0.1, 0.15) is 23.0 Å². The molecule has 0 radical (unpaired) electrons. The minimum absolute atomic E-state index is 0.00479. The molecule has 126 valence electrons. The molecular weight excluding hydrogens is 323 g/mol. The summed E-state index contributed by atoms with van der Waals surface area (Å²) in [6.07, 6.45) is 0.125. The van der Waals surface area contributed by atoms with E-state index in [9.17, 15) is 24.1 Å². The topological polar surface area (TPSA) is 112 Å². The molecule has 0 saturated carbocycles. The number of nitrogens with one attached hydrogen (secondary N) is 1. The van der Waals surface area contributed by atoms with Crippen LogP contribution in [0.3, 0.4) is 0 Å². The smallest absolute Gasteiger partial charge is 0.375 e. The number of rotatable bonds is 5. The Bertz CT molecular complexity index is 801. The molecule has 1 N–H and O–H groups in total. The molecule has 8 nitrogen and oxygen atoms in total. The van der Waals surface area contributed by atoms with Gasteiger partial charge in [-0.3, -0.25) is 14.9 Å². The zero-order chi connectivity index (χ0) is 17.9. The zero-order valence-corrected chi connectivity index (χ0v) is 12.7. The van der Waals surface area contributed by atoms with Gasteiger partial charge in [-0.2, -0.15) is 4.39 Å². The number of carbonyl (C=O) groups excluding carboxylic acids is 2. The number of amides is 1. The standard InChI is InChI=1S/C15H13FN2O6/c1-8-5-6-23-13(8)15(20)24-9(2)14(19)17-10-3-4-11(16)12(7-10)18(21)22/h3-7,9H,1-2H3,(H,17,19)/t9-/m0/s1. The van der Waals surface area contributed by atoms with Gasteiger partial charge < -0.3 is 14.5 Å². The molecule has 0 fully saturated rings. The number of aryl methyl sites for hydroxylation is 1. The molecule has 1 atom stereocenters. The van der Waals surface area contributed by atoms with Gasteiger partial charge in [-0.05, 0) is 32.0 Å². The van der Waals surface area contributed by atoms with Crippen molar-refractivity contribution in [2.45, 2.75) is 20.0 Å². The van der Waals surface area contributed by atoms with Gasteiger partial charge in [0, 0.05) is 17.3 Å². The average Bonchev–Trinajstić information content (AvgIpc) is 2.95. The fourth-order valence-corrected chi connectivity index (χ4v) is 1.82. The lowest BCUT2D eigenvalue weighted by molar-refractivity contribution is -0.387. The molecule has 2 rings (SSSR count). The molecule has 9 heteroatoms. The van der Waals surface area contributed by atoms with E-state index >= 15 is 0 Å². The molecule has 0 aliphatic heterocycles. The molecule has 2 aromatic rings. The molecular formula is C15H13FN2O6. The van der Waals surface area contributed by atoms with Gasteiger partial charge >= 0.3 is 11.7 Å². The number of hydrogen-bond acceptors (Lipinski definition) is 6. The van der Waals surface area contributed by atoms with Crippen LogP contribution in [0, 0.1) is 22.9 Å². The van der Waals surface area contributed by atoms with Crippen molar-refractivity contribution < 1.29 is 28.1 Å². The fourth-order valence-electron chi connectivity index (χ4n) is 1.82. The third-order valence-electron chi connectivity index (χ3n) is 3.11. The summed E-state index contributed by atoms with van der Waals surface area (Å²) >= 11 is 0. The number of furan rings is 1. The molecule has 1 amide bonds. The van der Waals surface area contributed by atoms with Crippen molar-refractivity contribution in [3.63, 3.8) is 0 Å². The van der Waals surface area contributed by atoms with E-state index in [1.807, 2.05) is 0 Å². The van der Waals surface area contributed by atoms with Gasteiger partial charge in [-0.1, -0.05) is 0 Å². The molecule has 0 aliphatic carbocycles. The highest BCUT2D eigenvalue weighted by atomic mass is 19.1. The highest BCUT2D eigenvalue weighted by molar-refractivity contribution is 5.97. The number of halogens is 1. The molecule has 1 heterocycles. The molecule has 0 unspecified atom stereocenters. The monoisotopic (exact) mass is 336 g/mol. The number of anilines is 1. The number of ether oxygens (including phenoxy) is 1. The van der Waals surface area contributed by atoms with Crippen LogP contribution in [0.2, 0.25) is 0 Å². The average molecular weight is 336 g/mol. The van der Waals surface area contributed by atoms with E-state index < -0.39 is 34.4 Å². The van der Waals surface area contributed by atoms with E-state index in [2.05, 4.69) is 5.32 Å². The first-order chi connectivity index (χ1) is 11.3. The van der Waals surface area contributed by atoms with Crippen LogP contribution >= 0.6 is 0 Å². The van der Waals surface area contributed by atoms with Crippen LogP contribution in [0.5, 0.6) is 0 Å². The molecule has 0 saturated heterocycles. The number of nitrogens with zero attached hydrogens (tertiary/aromatic N) is 1. The maximum absolute atomic E-state index is 13.2. The molecule has 1 aromatic carbocycles. The zero-order valence-electron chi connectivity index (χ0n) is 12.7. The van der Waals surface area contributed by atoms with Gasteiger partial charge in [0.15, 0.2) is 6.10 Å². The van der Waals surface area contributed by atoms with Gasteiger partial charge in [-0.15, -0.1) is 0 Å². The van der Waals surface area contributed by atoms with Crippen LogP contribution in [0.4, 0.5) is 15.8 Å². The van der Waals surface area contributed by atoms with E-state index in [1.165, 1.54) is 13.2 Å². The van der Waals surface area contributed by atoms with E-state index in [0.717, 1.165) is 18.2 Å². The summed E-state index contributed by atoms with van der Waals surface area (Å²) < 4.78 is 23.2. The Morgan fingerprint density at radius 1 is 1.38 bits per heavy atom. The Balaban J connectivity index is 2.04. The second kappa shape index (κ2) is 6.90. The van der Waals surface area contributed by atoms with E-state index in [4.69, 9.17) is 9.15 Å². The number of hydrogen-bond donors (Lipinski definition) is 1. The fraction of sp³-hybridized carbons (Fsp3) is 0.200. The van der Waals surface area contributed by atoms with Gasteiger partial charge in [0.05, 0.1) is 11.2 Å². The third kappa shape index (κ3) is 3.75. The van der Waals surface area contributed by atoms with Gasteiger partial charge in [0.1, 0.15) is 0 Å². The summed E-state index contributed by atoms with van der Waals surface area (Å²) in [7, 11) is 0. The van der Waals surface area contributed by atoms with E-state index in [0.29, 0.717) is 5.56 Å². The largest absolute Gasteiger partial charge is 0.457 e. The van der Waals surface area contributed by atoms with Crippen LogP contribution in [0.15, 0.2) is 34.9 Å². The second-order valence-corrected chi connectivity index (χ2v) is 4.89. The Labute approximate surface area is 135 Å². The molecule has 24 heavy (non-hydrogen) atoms. The lowest BCUT2D eigenvalue weighted by Gasteiger charge is -2.13. The highest BCUT2D eigenvalue weighted by Crippen LogP contribution is 2.22. The summed E-state index contributed by atoms with van der Waals surface area (Å²) in [6, 6.07) is 4.46. The van der Waals surface area contributed by atoms with Crippen LogP contribution < -0.4 is 5.32 Å². The number of carbonyl (C=O) groups is 2. The van der Waals surface area contributed by atoms with Crippen molar-refractivity contribution in [1.82, 2.24) is 0 Å². The molecule has 0 aliphatic rings. The Morgan fingerprint density at radius 3 is 2.67 bits per heavy atom. The van der Waals surface area contributed by atoms with Crippen molar-refractivity contribution in [1.29, 1.82) is 0 Å². The summed E-state index contributed by atoms with van der Waals surface area (Å²) in [5.41, 5.74) is -0.212. The minimum atomic E-state index is -1.19. The number of esters is 1. The first-order valence-corrected chi connectivity index (χ1v) is 6.79. The lowest BCUT2D eigenvalue weighted by Crippen LogP contribution is -2.30. The summed E-state index contributed by atoms with van der Waals surface area (Å²) in [4.78, 5) is 33.6. The number of nitro benzene ring substituents is 1. The third-order valence-corrected chi connectivity index (χ3v) is 3.11. The molecule has 1 aromatic heterocycles. The van der Waals surface area contributed by atoms with Crippen LogP contribution in [-0.4, -0.2) is 22.9 Å². The lowest BCUT2D eigenvalue weighted by atomic mass is 10.2. The van der Waals surface area contributed by atoms with Crippen molar-refractivity contribution in [3.05, 3.63) is 57.8 Å². The van der Waals surface area contributed by atoms with E-state index in [1.54, 1.807) is 13.0 Å². The summed E-state index contributed by atoms with van der Waals surface area (Å²) in [6.45, 7) is 2.96. The van der Waals surface area contributed by atoms with Crippen LogP contribution in [0.25, 0.3) is 0 Å². The predicted octanol–water partition coefficient (Wildman–Crippen LogP) is 2.82. The highest BCUT2D eigenvalue weighted by Gasteiger charge is 2.23. The quantitative estimate of drug-likeness (QED) is 0.510. The number of nitro groups is 1. The Morgan fingerprint density at radius 2 is 2.08 bits per heavy atom. The van der Waals surface area contributed by atoms with Crippen molar-refractivity contribution in [2.24, 2.45) is 0 Å². The Hall–Kier alpha value is -3.23. The second-order valence-electron chi connectivity index (χ2n) is 4.89. The maximum atomic E-state index is 13.2. The van der Waals surface area contributed by atoms with Crippen molar-refractivity contribution in [2.75, 3.05) is 5.32 Å².